The Hall–Kier alpha value is 0.180. The van der Waals surface area contributed by atoms with Gasteiger partial charge in [-0.05, 0) is 23.8 Å². The van der Waals surface area contributed by atoms with Gasteiger partial charge in [0, 0.05) is 11.4 Å². The lowest BCUT2D eigenvalue weighted by molar-refractivity contribution is 0.409. The molecule has 1 aromatic rings. The van der Waals surface area contributed by atoms with Gasteiger partial charge in [-0.25, -0.2) is 0 Å². The van der Waals surface area contributed by atoms with Crippen LogP contribution in [0.15, 0.2) is 18.2 Å². The van der Waals surface area contributed by atoms with Gasteiger partial charge in [-0.3, -0.25) is 0 Å². The molecule has 0 spiro atoms. The van der Waals surface area contributed by atoms with E-state index in [9.17, 15) is 0 Å². The lowest BCUT2D eigenvalue weighted by Gasteiger charge is -2.13. The third-order valence-corrected chi connectivity index (χ3v) is 2.27. The number of ether oxygens (including phenoxy) is 1. The predicted octanol–water partition coefficient (Wildman–Crippen LogP) is 4.26. The van der Waals surface area contributed by atoms with E-state index in [-0.39, 0.29) is 6.42 Å². The highest BCUT2D eigenvalue weighted by atomic mass is 35.6. The van der Waals surface area contributed by atoms with Crippen molar-refractivity contribution in [3.8, 4) is 5.75 Å². The van der Waals surface area contributed by atoms with E-state index in [1.807, 2.05) is 0 Å². The summed E-state index contributed by atoms with van der Waals surface area (Å²) in [6, 6.07) is 5.19. The first kappa shape index (κ1) is 12.3. The Morgan fingerprint density at radius 3 is 2.43 bits per heavy atom. The Balaban J connectivity index is 2.99. The summed E-state index contributed by atoms with van der Waals surface area (Å²) in [5.74, 6) is 0.667. The van der Waals surface area contributed by atoms with Crippen molar-refractivity contribution in [1.29, 1.82) is 0 Å². The van der Waals surface area contributed by atoms with Crippen molar-refractivity contribution in [2.75, 3.05) is 7.11 Å². The SMILES string of the molecule is COc1ccc(Cl)cc1CC(Cl)(Cl)Cl. The van der Waals surface area contributed by atoms with E-state index in [1.165, 1.54) is 0 Å². The largest absolute Gasteiger partial charge is 0.496 e. The Morgan fingerprint density at radius 1 is 1.29 bits per heavy atom. The van der Waals surface area contributed by atoms with E-state index in [2.05, 4.69) is 0 Å². The summed E-state index contributed by atoms with van der Waals surface area (Å²) in [6.45, 7) is 0. The summed E-state index contributed by atoms with van der Waals surface area (Å²) >= 11 is 22.9. The number of methoxy groups -OCH3 is 1. The first-order valence-electron chi connectivity index (χ1n) is 3.81. The Morgan fingerprint density at radius 2 is 1.93 bits per heavy atom. The molecule has 0 atom stereocenters. The standard InChI is InChI=1S/C9H8Cl4O/c1-14-8-3-2-7(10)4-6(8)5-9(11,12)13/h2-4H,5H2,1H3. The molecular weight excluding hydrogens is 266 g/mol. The number of rotatable bonds is 2. The summed E-state index contributed by atoms with van der Waals surface area (Å²) in [5, 5.41) is 0.593. The first-order valence-corrected chi connectivity index (χ1v) is 5.33. The molecule has 0 fully saturated rings. The molecule has 0 amide bonds. The van der Waals surface area contributed by atoms with Crippen molar-refractivity contribution in [2.24, 2.45) is 0 Å². The highest BCUT2D eigenvalue weighted by Crippen LogP contribution is 2.34. The van der Waals surface area contributed by atoms with Crippen LogP contribution in [0.5, 0.6) is 5.75 Å². The zero-order valence-corrected chi connectivity index (χ0v) is 10.4. The quantitative estimate of drug-likeness (QED) is 0.732. The molecule has 1 nitrogen and oxygen atoms in total. The molecule has 0 bridgehead atoms. The van der Waals surface area contributed by atoms with Crippen molar-refractivity contribution in [3.63, 3.8) is 0 Å². The molecule has 0 aliphatic heterocycles. The van der Waals surface area contributed by atoms with Gasteiger partial charge in [-0.2, -0.15) is 0 Å². The fraction of sp³-hybridized carbons (Fsp3) is 0.333. The van der Waals surface area contributed by atoms with E-state index in [1.54, 1.807) is 25.3 Å². The molecule has 5 heteroatoms. The highest BCUT2D eigenvalue weighted by Gasteiger charge is 2.22. The second-order valence-electron chi connectivity index (χ2n) is 2.75. The second-order valence-corrected chi connectivity index (χ2v) is 5.70. The fourth-order valence-corrected chi connectivity index (χ4v) is 1.73. The summed E-state index contributed by atoms with van der Waals surface area (Å²) in [7, 11) is 1.56. The number of benzene rings is 1. The minimum absolute atomic E-state index is 0.265. The van der Waals surface area contributed by atoms with Gasteiger partial charge in [0.15, 0.2) is 3.79 Å². The van der Waals surface area contributed by atoms with E-state index in [0.29, 0.717) is 10.8 Å². The maximum Gasteiger partial charge on any atom is 0.194 e. The number of alkyl halides is 3. The molecule has 0 aromatic heterocycles. The monoisotopic (exact) mass is 272 g/mol. The predicted molar refractivity (Wildman–Crippen MR) is 62.0 cm³/mol. The molecular formula is C9H8Cl4O. The van der Waals surface area contributed by atoms with Crippen LogP contribution < -0.4 is 4.74 Å². The molecule has 0 heterocycles. The van der Waals surface area contributed by atoms with Crippen molar-refractivity contribution in [1.82, 2.24) is 0 Å². The third kappa shape index (κ3) is 3.74. The molecule has 1 aromatic carbocycles. The molecule has 78 valence electrons. The molecule has 1 rings (SSSR count). The summed E-state index contributed by atoms with van der Waals surface area (Å²) in [6.07, 6.45) is 0.265. The maximum atomic E-state index is 5.82. The Labute approximate surface area is 103 Å². The summed E-state index contributed by atoms with van der Waals surface area (Å²) in [4.78, 5) is 0. The van der Waals surface area contributed by atoms with Gasteiger partial charge in [-0.15, -0.1) is 0 Å². The topological polar surface area (TPSA) is 9.23 Å². The van der Waals surface area contributed by atoms with E-state index < -0.39 is 3.79 Å². The molecule has 0 radical (unpaired) electrons. The van der Waals surface area contributed by atoms with E-state index >= 15 is 0 Å². The van der Waals surface area contributed by atoms with Gasteiger partial charge in [-0.1, -0.05) is 46.4 Å². The smallest absolute Gasteiger partial charge is 0.194 e. The van der Waals surface area contributed by atoms with Crippen LogP contribution in [0.3, 0.4) is 0 Å². The third-order valence-electron chi connectivity index (χ3n) is 1.63. The highest BCUT2D eigenvalue weighted by molar-refractivity contribution is 6.67. The molecule has 0 unspecified atom stereocenters. The van der Waals surface area contributed by atoms with Crippen LogP contribution in [0.4, 0.5) is 0 Å². The van der Waals surface area contributed by atoms with Crippen LogP contribution in [-0.2, 0) is 6.42 Å². The van der Waals surface area contributed by atoms with Crippen LogP contribution in [0, 0.1) is 0 Å². The van der Waals surface area contributed by atoms with Crippen molar-refractivity contribution in [3.05, 3.63) is 28.8 Å². The number of hydrogen-bond donors (Lipinski definition) is 0. The van der Waals surface area contributed by atoms with Gasteiger partial charge >= 0.3 is 0 Å². The van der Waals surface area contributed by atoms with Crippen LogP contribution >= 0.6 is 46.4 Å². The van der Waals surface area contributed by atoms with Gasteiger partial charge in [0.2, 0.25) is 0 Å². The summed E-state index contributed by atoms with van der Waals surface area (Å²) in [5.41, 5.74) is 0.778. The molecule has 0 N–H and O–H groups in total. The minimum Gasteiger partial charge on any atom is -0.496 e. The van der Waals surface area contributed by atoms with Gasteiger partial charge < -0.3 is 4.74 Å². The number of hydrogen-bond acceptors (Lipinski definition) is 1. The molecule has 0 saturated carbocycles. The zero-order chi connectivity index (χ0) is 10.8. The van der Waals surface area contributed by atoms with E-state index in [0.717, 1.165) is 5.56 Å². The van der Waals surface area contributed by atoms with E-state index in [4.69, 9.17) is 51.1 Å². The average Bonchev–Trinajstić information content (AvgIpc) is 2.01. The molecule has 0 aliphatic rings. The van der Waals surface area contributed by atoms with Crippen molar-refractivity contribution < 1.29 is 4.74 Å². The van der Waals surface area contributed by atoms with Crippen molar-refractivity contribution in [2.45, 2.75) is 10.2 Å². The molecule has 14 heavy (non-hydrogen) atoms. The zero-order valence-electron chi connectivity index (χ0n) is 7.36. The van der Waals surface area contributed by atoms with Gasteiger partial charge in [0.25, 0.3) is 0 Å². The minimum atomic E-state index is -1.34. The van der Waals surface area contributed by atoms with Crippen LogP contribution in [0.25, 0.3) is 0 Å². The van der Waals surface area contributed by atoms with Crippen LogP contribution in [0.2, 0.25) is 5.02 Å². The second kappa shape index (κ2) is 4.80. The lowest BCUT2D eigenvalue weighted by atomic mass is 10.1. The Kier molecular flexibility index (Phi) is 4.20. The molecule has 0 aliphatic carbocycles. The van der Waals surface area contributed by atoms with Gasteiger partial charge in [0.05, 0.1) is 7.11 Å². The summed E-state index contributed by atoms with van der Waals surface area (Å²) < 4.78 is 3.78. The first-order chi connectivity index (χ1) is 6.42. The van der Waals surface area contributed by atoms with Gasteiger partial charge in [0.1, 0.15) is 5.75 Å². The van der Waals surface area contributed by atoms with Crippen LogP contribution in [-0.4, -0.2) is 10.9 Å². The van der Waals surface area contributed by atoms with Crippen molar-refractivity contribution >= 4 is 46.4 Å². The maximum absolute atomic E-state index is 5.82. The fourth-order valence-electron chi connectivity index (χ4n) is 1.10. The Bertz CT molecular complexity index is 319. The average molecular weight is 274 g/mol. The lowest BCUT2D eigenvalue weighted by Crippen LogP contribution is -2.08. The normalized spacial score (nSPS) is 11.5. The molecule has 0 saturated heterocycles. The van der Waals surface area contributed by atoms with Crippen LogP contribution in [0.1, 0.15) is 5.56 Å². The number of halogens is 4.